The van der Waals surface area contributed by atoms with Crippen LogP contribution in [0.1, 0.15) is 81.8 Å². The van der Waals surface area contributed by atoms with Crippen LogP contribution in [0.25, 0.3) is 11.2 Å². The molecule has 5 rings (SSSR count). The van der Waals surface area contributed by atoms with Gasteiger partial charge >= 0.3 is 5.97 Å². The first-order valence-corrected chi connectivity index (χ1v) is 22.5. The Bertz CT molecular complexity index is 1930. The Kier molecular flexibility index (Phi) is 13.9. The van der Waals surface area contributed by atoms with Crippen molar-refractivity contribution < 1.29 is 32.5 Å². The summed E-state index contributed by atoms with van der Waals surface area (Å²) in [6, 6.07) is 19.8. The molecule has 1 N–H and O–H groups in total. The van der Waals surface area contributed by atoms with E-state index in [9.17, 15) is 14.9 Å². The van der Waals surface area contributed by atoms with E-state index in [4.69, 9.17) is 22.9 Å². The van der Waals surface area contributed by atoms with Crippen molar-refractivity contribution in [2.45, 2.75) is 110 Å². The molecule has 4 aromatic rings. The van der Waals surface area contributed by atoms with Gasteiger partial charge < -0.3 is 28.3 Å². The number of benzene rings is 2. The third kappa shape index (κ3) is 10.0. The number of esters is 1. The maximum atomic E-state index is 13.3. The fourth-order valence-corrected chi connectivity index (χ4v) is 9.00. The molecule has 1 saturated heterocycles. The highest BCUT2D eigenvalue weighted by Crippen LogP contribution is 2.52. The van der Waals surface area contributed by atoms with E-state index in [1.165, 1.54) is 6.33 Å². The van der Waals surface area contributed by atoms with Crippen molar-refractivity contribution in [3.63, 3.8) is 0 Å². The summed E-state index contributed by atoms with van der Waals surface area (Å²) in [5.41, 5.74) is 1.62. The minimum Gasteiger partial charge on any atom is -0.459 e. The molecule has 14 nitrogen and oxygen atoms in total. The first kappa shape index (κ1) is 42.0. The highest BCUT2D eigenvalue weighted by Gasteiger charge is 2.54. The third-order valence-corrected chi connectivity index (χ3v) is 16.3. The molecule has 1 amide bonds. The number of ether oxygens (including phenoxy) is 2. The molecule has 55 heavy (non-hydrogen) atoms. The van der Waals surface area contributed by atoms with E-state index in [0.29, 0.717) is 22.3 Å². The van der Waals surface area contributed by atoms with E-state index >= 15 is 0 Å². The van der Waals surface area contributed by atoms with Crippen LogP contribution in [-0.4, -0.2) is 88.0 Å². The molecule has 2 unspecified atom stereocenters. The van der Waals surface area contributed by atoms with E-state index < -0.39 is 47.4 Å². The zero-order valence-electron chi connectivity index (χ0n) is 33.0. The molecule has 1 aliphatic rings. The van der Waals surface area contributed by atoms with Crippen LogP contribution in [0.3, 0.4) is 0 Å². The van der Waals surface area contributed by atoms with Crippen molar-refractivity contribution in [1.82, 2.24) is 24.2 Å². The lowest BCUT2D eigenvalue weighted by atomic mass is 10.1. The predicted octanol–water partition coefficient (Wildman–Crippen LogP) is 7.88. The zero-order valence-corrected chi connectivity index (χ0v) is 34.9. The molecule has 5 atom stereocenters. The van der Waals surface area contributed by atoms with Crippen molar-refractivity contribution in [3.05, 3.63) is 84.4 Å². The van der Waals surface area contributed by atoms with Gasteiger partial charge in [-0.3, -0.25) is 9.36 Å². The van der Waals surface area contributed by atoms with Gasteiger partial charge in [0, 0.05) is 17.6 Å². The molecule has 0 saturated carbocycles. The molecule has 3 heterocycles. The number of hydrogen-bond donors (Lipinski definition) is 1. The number of amides is 1. The normalized spacial score (nSPS) is 19.5. The second-order valence-corrected chi connectivity index (χ2v) is 21.5. The van der Waals surface area contributed by atoms with Crippen LogP contribution in [-0.2, 0) is 22.9 Å². The van der Waals surface area contributed by atoms with Crippen LogP contribution in [0.15, 0.2) is 73.3 Å². The lowest BCUT2D eigenvalue weighted by molar-refractivity contribution is -0.0548. The SMILES string of the molecule is CC(C)N(C(C)C)P(OCCC#N)O[C@@H]1C(O[Si](C)(C)C(C)(C)C)[C@H](n2cnc3c(NC(=O)c4ccccc4)ncnc32)O[C@@H]1COC(=O)c1ccccc1. The van der Waals surface area contributed by atoms with Gasteiger partial charge in [0.05, 0.1) is 31.0 Å². The number of anilines is 1. The van der Waals surface area contributed by atoms with Crippen LogP contribution in [0.2, 0.25) is 18.1 Å². The summed E-state index contributed by atoms with van der Waals surface area (Å²) in [7, 11) is -4.33. The average Bonchev–Trinajstić information content (AvgIpc) is 3.71. The Morgan fingerprint density at radius 3 is 2.22 bits per heavy atom. The van der Waals surface area contributed by atoms with Gasteiger partial charge in [-0.05, 0) is 70.1 Å². The Labute approximate surface area is 325 Å². The van der Waals surface area contributed by atoms with Crippen molar-refractivity contribution in [3.8, 4) is 6.07 Å². The highest BCUT2D eigenvalue weighted by atomic mass is 31.2. The average molecular weight is 790 g/mol. The van der Waals surface area contributed by atoms with Gasteiger partial charge in [-0.2, -0.15) is 5.26 Å². The first-order valence-electron chi connectivity index (χ1n) is 18.5. The van der Waals surface area contributed by atoms with Crippen molar-refractivity contribution >= 4 is 45.7 Å². The second kappa shape index (κ2) is 18.2. The Morgan fingerprint density at radius 2 is 1.62 bits per heavy atom. The molecular weight excluding hydrogens is 738 g/mol. The molecule has 1 aliphatic heterocycles. The van der Waals surface area contributed by atoms with Gasteiger partial charge in [-0.15, -0.1) is 0 Å². The summed E-state index contributed by atoms with van der Waals surface area (Å²) in [5, 5.41) is 12.0. The zero-order chi connectivity index (χ0) is 39.9. The number of carbonyl (C=O) groups is 2. The quantitative estimate of drug-likeness (QED) is 0.0506. The first-order chi connectivity index (χ1) is 26.1. The third-order valence-electron chi connectivity index (χ3n) is 9.69. The summed E-state index contributed by atoms with van der Waals surface area (Å²) in [6.45, 7) is 19.0. The van der Waals surface area contributed by atoms with Crippen LogP contribution < -0.4 is 5.32 Å². The molecular formula is C39H52N7O7PSi. The van der Waals surface area contributed by atoms with Crippen LogP contribution in [0, 0.1) is 11.3 Å². The lowest BCUT2D eigenvalue weighted by Gasteiger charge is -2.42. The minimum atomic E-state index is -2.57. The van der Waals surface area contributed by atoms with Crippen LogP contribution >= 0.6 is 8.53 Å². The summed E-state index contributed by atoms with van der Waals surface area (Å²) >= 11 is 0. The van der Waals surface area contributed by atoms with Gasteiger partial charge in [-0.1, -0.05) is 57.2 Å². The highest BCUT2D eigenvalue weighted by molar-refractivity contribution is 7.44. The minimum absolute atomic E-state index is 0.0271. The van der Waals surface area contributed by atoms with Gasteiger partial charge in [0.1, 0.15) is 31.2 Å². The van der Waals surface area contributed by atoms with E-state index in [-0.39, 0.29) is 48.5 Å². The Balaban J connectivity index is 1.59. The number of fused-ring (bicyclic) bond motifs is 1. The number of rotatable bonds is 16. The molecule has 2 aromatic carbocycles. The van der Waals surface area contributed by atoms with Gasteiger partial charge in [0.2, 0.25) is 0 Å². The maximum Gasteiger partial charge on any atom is 0.338 e. The molecule has 1 fully saturated rings. The number of hydrogen-bond acceptors (Lipinski definition) is 12. The number of aromatic nitrogens is 4. The topological polar surface area (TPSA) is 163 Å². The van der Waals surface area contributed by atoms with Gasteiger partial charge in [0.15, 0.2) is 31.5 Å². The monoisotopic (exact) mass is 789 g/mol. The smallest absolute Gasteiger partial charge is 0.338 e. The molecule has 16 heteroatoms. The van der Waals surface area contributed by atoms with Crippen molar-refractivity contribution in [1.29, 1.82) is 5.26 Å². The Hall–Kier alpha value is -4.13. The molecule has 294 valence electrons. The lowest BCUT2D eigenvalue weighted by Crippen LogP contribution is -2.49. The summed E-state index contributed by atoms with van der Waals surface area (Å²) in [4.78, 5) is 40.0. The standard InChI is InChI=1S/C39H52N7O7PSi/c1-26(2)46(27(3)4)54(50-22-16-21-40)52-32-30(23-49-38(48)29-19-14-11-15-20-29)51-37(33(32)53-55(8,9)39(5,6)7)45-25-43-31-34(41-24-42-35(31)45)44-36(47)28-17-12-10-13-18-28/h10-15,17-20,24-27,30,32-33,37H,16,22-23H2,1-9H3,(H,41,42,44,47)/t30-,32+,33?,37-,54?/m1/s1. The number of carbonyl (C=O) groups excluding carboxylic acids is 2. The largest absolute Gasteiger partial charge is 0.459 e. The summed E-state index contributed by atoms with van der Waals surface area (Å²) < 4.78 is 37.3. The fourth-order valence-electron chi connectivity index (χ4n) is 5.95. The van der Waals surface area contributed by atoms with Crippen LogP contribution in [0.4, 0.5) is 5.82 Å². The Morgan fingerprint density at radius 1 is 0.982 bits per heavy atom. The van der Waals surface area contributed by atoms with E-state index in [0.717, 1.165) is 0 Å². The summed E-state index contributed by atoms with van der Waals surface area (Å²) in [6.07, 6.45) is -0.135. The molecule has 0 spiro atoms. The van der Waals surface area contributed by atoms with E-state index in [2.05, 4.69) is 92.6 Å². The van der Waals surface area contributed by atoms with Gasteiger partial charge in [0.25, 0.3) is 14.4 Å². The second-order valence-electron chi connectivity index (χ2n) is 15.4. The molecule has 0 bridgehead atoms. The van der Waals surface area contributed by atoms with E-state index in [1.54, 1.807) is 59.4 Å². The molecule has 0 aliphatic carbocycles. The predicted molar refractivity (Wildman–Crippen MR) is 213 cm³/mol. The van der Waals surface area contributed by atoms with E-state index in [1.807, 2.05) is 12.1 Å². The number of nitrogens with one attached hydrogen (secondary N) is 1. The maximum absolute atomic E-state index is 13.3. The van der Waals surface area contributed by atoms with Crippen molar-refractivity contribution in [2.24, 2.45) is 0 Å². The molecule has 0 radical (unpaired) electrons. The van der Waals surface area contributed by atoms with Crippen LogP contribution in [0.5, 0.6) is 0 Å². The van der Waals surface area contributed by atoms with Crippen molar-refractivity contribution in [2.75, 3.05) is 18.5 Å². The fraction of sp³-hybridized carbons (Fsp3) is 0.487. The summed E-state index contributed by atoms with van der Waals surface area (Å²) in [5.74, 6) is -0.617. The molecule has 2 aromatic heterocycles. The number of nitrogens with zero attached hydrogens (tertiary/aromatic N) is 6. The number of nitriles is 1. The number of imidazole rings is 1. The van der Waals surface area contributed by atoms with Gasteiger partial charge in [-0.25, -0.2) is 24.4 Å².